The van der Waals surface area contributed by atoms with Gasteiger partial charge in [0.2, 0.25) is 0 Å². The fourth-order valence-electron chi connectivity index (χ4n) is 1.17. The smallest absolute Gasteiger partial charge is 0.113 e. The second-order valence-electron chi connectivity index (χ2n) is 4.53. The van der Waals surface area contributed by atoms with E-state index >= 15 is 0 Å². The Morgan fingerprint density at radius 1 is 1.44 bits per heavy atom. The van der Waals surface area contributed by atoms with Crippen LogP contribution in [0.1, 0.15) is 26.3 Å². The van der Waals surface area contributed by atoms with E-state index in [1.165, 1.54) is 6.08 Å². The molecule has 0 saturated heterocycles. The zero-order chi connectivity index (χ0) is 12.0. The summed E-state index contributed by atoms with van der Waals surface area (Å²) in [5.41, 5.74) is 0.894. The van der Waals surface area contributed by atoms with Crippen molar-refractivity contribution in [2.75, 3.05) is 0 Å². The van der Waals surface area contributed by atoms with Gasteiger partial charge in [-0.25, -0.2) is 0 Å². The summed E-state index contributed by atoms with van der Waals surface area (Å²) in [4.78, 5) is 3.94. The third kappa shape index (κ3) is 3.74. The highest BCUT2D eigenvalue weighted by atomic mass is 16.5. The number of ether oxygens (including phenoxy) is 1. The molecule has 0 saturated carbocycles. The molecule has 0 fully saturated rings. The highest BCUT2D eigenvalue weighted by molar-refractivity contribution is 5.15. The monoisotopic (exact) mass is 216 g/mol. The molecule has 84 valence electrons. The van der Waals surface area contributed by atoms with Gasteiger partial charge in [0, 0.05) is 17.8 Å². The molecule has 0 amide bonds. The fourth-order valence-corrected chi connectivity index (χ4v) is 1.17. The fraction of sp³-hybridized carbons (Fsp3) is 0.385. The molecule has 1 aromatic rings. The Balaban J connectivity index is 2.67. The molecule has 3 heteroatoms. The van der Waals surface area contributed by atoms with Gasteiger partial charge >= 0.3 is 0 Å². The average Bonchev–Trinajstić information content (AvgIpc) is 2.24. The van der Waals surface area contributed by atoms with Gasteiger partial charge in [0.15, 0.2) is 0 Å². The number of nitrogens with zero attached hydrogens (tertiary/aromatic N) is 2. The maximum atomic E-state index is 8.68. The molecule has 0 N–H and O–H groups in total. The van der Waals surface area contributed by atoms with Crippen molar-refractivity contribution in [1.82, 2.24) is 4.98 Å². The Labute approximate surface area is 96.4 Å². The lowest BCUT2D eigenvalue weighted by molar-refractivity contribution is 0.140. The van der Waals surface area contributed by atoms with E-state index in [4.69, 9.17) is 10.00 Å². The van der Waals surface area contributed by atoms with Gasteiger partial charge in [-0.15, -0.1) is 0 Å². The molecular formula is C13H16N2O. The van der Waals surface area contributed by atoms with Crippen LogP contribution in [0.25, 0.3) is 0 Å². The number of aromatic nitrogens is 1. The molecule has 0 aliphatic heterocycles. The van der Waals surface area contributed by atoms with E-state index in [1.807, 2.05) is 39.0 Å². The van der Waals surface area contributed by atoms with Gasteiger partial charge in [-0.05, 0) is 17.7 Å². The molecule has 0 spiro atoms. The summed E-state index contributed by atoms with van der Waals surface area (Å²) < 4.78 is 5.64. The minimum absolute atomic E-state index is 0.150. The zero-order valence-electron chi connectivity index (χ0n) is 9.90. The van der Waals surface area contributed by atoms with Gasteiger partial charge < -0.3 is 4.74 Å². The van der Waals surface area contributed by atoms with E-state index in [2.05, 4.69) is 4.98 Å². The standard InChI is InChI=1S/C13H16N2O/c1-13(2,3)12(4-7-14)16-10-11-5-8-15-9-6-11/h4-6,8-9H,10H2,1-3H3. The van der Waals surface area contributed by atoms with Gasteiger partial charge in [0.1, 0.15) is 12.4 Å². The lowest BCUT2D eigenvalue weighted by Gasteiger charge is -2.22. The van der Waals surface area contributed by atoms with E-state index in [1.54, 1.807) is 12.4 Å². The van der Waals surface area contributed by atoms with E-state index in [0.29, 0.717) is 12.4 Å². The Bertz CT molecular complexity index is 396. The largest absolute Gasteiger partial charge is 0.492 e. The normalized spacial score (nSPS) is 12.0. The maximum absolute atomic E-state index is 8.68. The Kier molecular flexibility index (Phi) is 4.07. The zero-order valence-corrected chi connectivity index (χ0v) is 9.90. The van der Waals surface area contributed by atoms with Crippen LogP contribution < -0.4 is 0 Å². The summed E-state index contributed by atoms with van der Waals surface area (Å²) in [7, 11) is 0. The second kappa shape index (κ2) is 5.32. The topological polar surface area (TPSA) is 45.9 Å². The first-order valence-electron chi connectivity index (χ1n) is 5.16. The van der Waals surface area contributed by atoms with Crippen LogP contribution in [0.15, 0.2) is 36.4 Å². The van der Waals surface area contributed by atoms with E-state index in [0.717, 1.165) is 5.56 Å². The van der Waals surface area contributed by atoms with Crippen molar-refractivity contribution < 1.29 is 4.74 Å². The molecule has 0 bridgehead atoms. The molecule has 0 aromatic carbocycles. The summed E-state index contributed by atoms with van der Waals surface area (Å²) in [5.74, 6) is 0.701. The summed E-state index contributed by atoms with van der Waals surface area (Å²) >= 11 is 0. The van der Waals surface area contributed by atoms with Crippen LogP contribution >= 0.6 is 0 Å². The third-order valence-corrected chi connectivity index (χ3v) is 2.08. The quantitative estimate of drug-likeness (QED) is 0.576. The molecule has 16 heavy (non-hydrogen) atoms. The van der Waals surface area contributed by atoms with Crippen LogP contribution in [-0.4, -0.2) is 4.98 Å². The SMILES string of the molecule is CC(C)(C)C(=CC#N)OCc1ccncc1. The predicted octanol–water partition coefficient (Wildman–Crippen LogP) is 3.05. The lowest BCUT2D eigenvalue weighted by atomic mass is 9.93. The summed E-state index contributed by atoms with van der Waals surface area (Å²) in [5, 5.41) is 8.68. The maximum Gasteiger partial charge on any atom is 0.113 e. The Morgan fingerprint density at radius 3 is 2.56 bits per heavy atom. The summed E-state index contributed by atoms with van der Waals surface area (Å²) in [6.45, 7) is 6.52. The molecule has 1 aromatic heterocycles. The number of rotatable bonds is 3. The highest BCUT2D eigenvalue weighted by Crippen LogP contribution is 2.26. The van der Waals surface area contributed by atoms with Crippen molar-refractivity contribution in [3.8, 4) is 6.07 Å². The molecule has 1 rings (SSSR count). The molecule has 0 aliphatic carbocycles. The molecule has 0 unspecified atom stereocenters. The Hall–Kier alpha value is -1.82. The second-order valence-corrected chi connectivity index (χ2v) is 4.53. The third-order valence-electron chi connectivity index (χ3n) is 2.08. The van der Waals surface area contributed by atoms with Gasteiger partial charge in [-0.2, -0.15) is 5.26 Å². The number of hydrogen-bond acceptors (Lipinski definition) is 3. The first kappa shape index (κ1) is 12.3. The number of pyridine rings is 1. The first-order chi connectivity index (χ1) is 7.54. The number of nitriles is 1. The van der Waals surface area contributed by atoms with Gasteiger partial charge in [0.05, 0.1) is 12.1 Å². The molecule has 0 aliphatic rings. The van der Waals surface area contributed by atoms with Crippen LogP contribution in [0, 0.1) is 16.7 Å². The van der Waals surface area contributed by atoms with Crippen molar-refractivity contribution in [3.63, 3.8) is 0 Å². The van der Waals surface area contributed by atoms with Crippen molar-refractivity contribution in [3.05, 3.63) is 41.9 Å². The molecule has 3 nitrogen and oxygen atoms in total. The molecule has 1 heterocycles. The van der Waals surface area contributed by atoms with E-state index in [9.17, 15) is 0 Å². The molecule has 0 atom stereocenters. The van der Waals surface area contributed by atoms with Crippen LogP contribution in [0.4, 0.5) is 0 Å². The van der Waals surface area contributed by atoms with Crippen LogP contribution in [0.5, 0.6) is 0 Å². The first-order valence-corrected chi connectivity index (χ1v) is 5.16. The summed E-state index contributed by atoms with van der Waals surface area (Å²) in [6, 6.07) is 5.80. The van der Waals surface area contributed by atoms with Crippen LogP contribution in [0.2, 0.25) is 0 Å². The van der Waals surface area contributed by atoms with Crippen molar-refractivity contribution in [1.29, 1.82) is 5.26 Å². The lowest BCUT2D eigenvalue weighted by Crippen LogP contribution is -2.12. The van der Waals surface area contributed by atoms with Gasteiger partial charge in [0.25, 0.3) is 0 Å². The minimum Gasteiger partial charge on any atom is -0.492 e. The predicted molar refractivity (Wildman–Crippen MR) is 62.2 cm³/mol. The molecule has 0 radical (unpaired) electrons. The number of hydrogen-bond donors (Lipinski definition) is 0. The van der Waals surface area contributed by atoms with E-state index in [-0.39, 0.29) is 5.41 Å². The van der Waals surface area contributed by atoms with E-state index < -0.39 is 0 Å². The number of allylic oxidation sites excluding steroid dienone is 2. The van der Waals surface area contributed by atoms with Crippen LogP contribution in [0.3, 0.4) is 0 Å². The van der Waals surface area contributed by atoms with Crippen molar-refractivity contribution in [2.24, 2.45) is 5.41 Å². The van der Waals surface area contributed by atoms with Crippen molar-refractivity contribution >= 4 is 0 Å². The van der Waals surface area contributed by atoms with Gasteiger partial charge in [-0.3, -0.25) is 4.98 Å². The highest BCUT2D eigenvalue weighted by Gasteiger charge is 2.18. The van der Waals surface area contributed by atoms with Gasteiger partial charge in [-0.1, -0.05) is 20.8 Å². The van der Waals surface area contributed by atoms with Crippen LogP contribution in [-0.2, 0) is 11.3 Å². The molecular weight excluding hydrogens is 200 g/mol. The van der Waals surface area contributed by atoms with Crippen molar-refractivity contribution in [2.45, 2.75) is 27.4 Å². The average molecular weight is 216 g/mol. The Morgan fingerprint density at radius 2 is 2.06 bits per heavy atom. The summed E-state index contributed by atoms with van der Waals surface area (Å²) in [6.07, 6.45) is 4.91. The minimum atomic E-state index is -0.150.